The fraction of sp³-hybridized carbons (Fsp3) is 0.308. The van der Waals surface area contributed by atoms with Crippen LogP contribution < -0.4 is 11.0 Å². The van der Waals surface area contributed by atoms with Crippen molar-refractivity contribution in [2.24, 2.45) is 0 Å². The van der Waals surface area contributed by atoms with Crippen LogP contribution in [-0.2, 0) is 6.54 Å². The first kappa shape index (κ1) is 12.3. The third-order valence-corrected chi connectivity index (χ3v) is 2.52. The lowest BCUT2D eigenvalue weighted by atomic mass is 10.2. The van der Waals surface area contributed by atoms with Gasteiger partial charge in [-0.1, -0.05) is 0 Å². The minimum Gasteiger partial charge on any atom is -0.370 e. The largest absolute Gasteiger partial charge is 0.370 e. The monoisotopic (exact) mass is 244 g/mol. The third kappa shape index (κ3) is 2.94. The Morgan fingerprint density at radius 1 is 1.39 bits per heavy atom. The lowest BCUT2D eigenvalue weighted by Gasteiger charge is -2.07. The zero-order valence-corrected chi connectivity index (χ0v) is 10.6. The fourth-order valence-electron chi connectivity index (χ4n) is 1.73. The minimum atomic E-state index is -0.234. The molecule has 2 aromatic heterocycles. The SMILES string of the molecule is CCNc1cc(Cn2cc(C)cnc2=O)ccn1. The molecule has 1 N–H and O–H groups in total. The first-order valence-electron chi connectivity index (χ1n) is 5.91. The van der Waals surface area contributed by atoms with Gasteiger partial charge in [0.1, 0.15) is 5.82 Å². The number of anilines is 1. The number of rotatable bonds is 4. The van der Waals surface area contributed by atoms with E-state index in [1.165, 1.54) is 0 Å². The molecule has 0 saturated carbocycles. The number of hydrogen-bond donors (Lipinski definition) is 1. The summed E-state index contributed by atoms with van der Waals surface area (Å²) >= 11 is 0. The topological polar surface area (TPSA) is 59.8 Å². The van der Waals surface area contributed by atoms with Gasteiger partial charge in [0.25, 0.3) is 0 Å². The number of nitrogens with one attached hydrogen (secondary N) is 1. The van der Waals surface area contributed by atoms with Gasteiger partial charge in [0, 0.05) is 25.1 Å². The normalized spacial score (nSPS) is 10.3. The minimum absolute atomic E-state index is 0.234. The summed E-state index contributed by atoms with van der Waals surface area (Å²) in [5, 5.41) is 3.15. The fourth-order valence-corrected chi connectivity index (χ4v) is 1.73. The summed E-state index contributed by atoms with van der Waals surface area (Å²) in [5.41, 5.74) is 1.76. The Bertz CT molecular complexity index is 592. The molecule has 0 aliphatic carbocycles. The molecule has 5 heteroatoms. The number of nitrogens with zero attached hydrogens (tertiary/aromatic N) is 3. The maximum Gasteiger partial charge on any atom is 0.347 e. The van der Waals surface area contributed by atoms with Crippen LogP contribution in [0, 0.1) is 6.92 Å². The van der Waals surface area contributed by atoms with Crippen LogP contribution in [0.2, 0.25) is 0 Å². The smallest absolute Gasteiger partial charge is 0.347 e. The van der Waals surface area contributed by atoms with Gasteiger partial charge < -0.3 is 5.32 Å². The van der Waals surface area contributed by atoms with Crippen molar-refractivity contribution in [3.05, 3.63) is 52.3 Å². The Labute approximate surface area is 106 Å². The van der Waals surface area contributed by atoms with Crippen LogP contribution in [0.3, 0.4) is 0 Å². The van der Waals surface area contributed by atoms with Crippen LogP contribution in [0.5, 0.6) is 0 Å². The van der Waals surface area contributed by atoms with Crippen molar-refractivity contribution < 1.29 is 0 Å². The van der Waals surface area contributed by atoms with E-state index >= 15 is 0 Å². The second-order valence-electron chi connectivity index (χ2n) is 4.12. The van der Waals surface area contributed by atoms with Crippen LogP contribution in [-0.4, -0.2) is 21.1 Å². The van der Waals surface area contributed by atoms with Gasteiger partial charge in [0.05, 0.1) is 6.54 Å². The molecule has 0 atom stereocenters. The summed E-state index contributed by atoms with van der Waals surface area (Å²) in [6.07, 6.45) is 5.12. The van der Waals surface area contributed by atoms with Gasteiger partial charge in [0.15, 0.2) is 0 Å². The average Bonchev–Trinajstić information content (AvgIpc) is 2.35. The van der Waals surface area contributed by atoms with E-state index < -0.39 is 0 Å². The van der Waals surface area contributed by atoms with Gasteiger partial charge in [0.2, 0.25) is 0 Å². The molecular weight excluding hydrogens is 228 g/mol. The van der Waals surface area contributed by atoms with E-state index in [2.05, 4.69) is 15.3 Å². The second-order valence-corrected chi connectivity index (χ2v) is 4.12. The van der Waals surface area contributed by atoms with E-state index in [1.54, 1.807) is 17.0 Å². The van der Waals surface area contributed by atoms with Crippen molar-refractivity contribution in [2.45, 2.75) is 20.4 Å². The van der Waals surface area contributed by atoms with Gasteiger partial charge in [-0.15, -0.1) is 0 Å². The van der Waals surface area contributed by atoms with Crippen molar-refractivity contribution in [3.63, 3.8) is 0 Å². The molecular formula is C13H16N4O. The van der Waals surface area contributed by atoms with Crippen molar-refractivity contribution in [3.8, 4) is 0 Å². The molecule has 0 unspecified atom stereocenters. The Morgan fingerprint density at radius 2 is 2.22 bits per heavy atom. The van der Waals surface area contributed by atoms with Gasteiger partial charge in [-0.25, -0.2) is 14.8 Å². The highest BCUT2D eigenvalue weighted by Gasteiger charge is 2.01. The standard InChI is InChI=1S/C13H16N4O/c1-3-14-12-6-11(4-5-15-12)9-17-8-10(2)7-16-13(17)18/h4-8H,3,9H2,1-2H3,(H,14,15). The van der Waals surface area contributed by atoms with Crippen LogP contribution in [0.1, 0.15) is 18.1 Å². The lowest BCUT2D eigenvalue weighted by Crippen LogP contribution is -2.22. The maximum absolute atomic E-state index is 11.6. The molecule has 5 nitrogen and oxygen atoms in total. The van der Waals surface area contributed by atoms with Crippen molar-refractivity contribution in [1.82, 2.24) is 14.5 Å². The summed E-state index contributed by atoms with van der Waals surface area (Å²) in [6.45, 7) is 5.26. The highest BCUT2D eigenvalue weighted by atomic mass is 16.1. The molecule has 0 aliphatic heterocycles. The molecule has 2 aromatic rings. The van der Waals surface area contributed by atoms with Gasteiger partial charge in [-0.05, 0) is 37.1 Å². The van der Waals surface area contributed by atoms with Gasteiger partial charge >= 0.3 is 5.69 Å². The quantitative estimate of drug-likeness (QED) is 0.883. The molecule has 0 aliphatic rings. The molecule has 0 radical (unpaired) electrons. The van der Waals surface area contributed by atoms with E-state index in [0.717, 1.165) is 23.5 Å². The molecule has 2 heterocycles. The second kappa shape index (κ2) is 5.44. The van der Waals surface area contributed by atoms with Gasteiger partial charge in [-0.2, -0.15) is 0 Å². The van der Waals surface area contributed by atoms with Crippen molar-refractivity contribution in [1.29, 1.82) is 0 Å². The zero-order chi connectivity index (χ0) is 13.0. The van der Waals surface area contributed by atoms with Crippen molar-refractivity contribution in [2.75, 3.05) is 11.9 Å². The predicted octanol–water partition coefficient (Wildman–Crippen LogP) is 1.43. The Morgan fingerprint density at radius 3 is 3.00 bits per heavy atom. The maximum atomic E-state index is 11.6. The molecule has 18 heavy (non-hydrogen) atoms. The molecule has 0 fully saturated rings. The lowest BCUT2D eigenvalue weighted by molar-refractivity contribution is 0.720. The summed E-state index contributed by atoms with van der Waals surface area (Å²) in [5.74, 6) is 0.823. The Kier molecular flexibility index (Phi) is 3.72. The van der Waals surface area contributed by atoms with E-state index in [-0.39, 0.29) is 5.69 Å². The number of hydrogen-bond acceptors (Lipinski definition) is 4. The molecule has 0 aromatic carbocycles. The summed E-state index contributed by atoms with van der Waals surface area (Å²) in [6, 6.07) is 3.84. The number of aromatic nitrogens is 3. The average molecular weight is 244 g/mol. The highest BCUT2D eigenvalue weighted by Crippen LogP contribution is 2.07. The van der Waals surface area contributed by atoms with E-state index in [0.29, 0.717) is 6.54 Å². The third-order valence-electron chi connectivity index (χ3n) is 2.52. The molecule has 0 spiro atoms. The predicted molar refractivity (Wildman–Crippen MR) is 70.7 cm³/mol. The zero-order valence-electron chi connectivity index (χ0n) is 10.6. The van der Waals surface area contributed by atoms with Gasteiger partial charge in [-0.3, -0.25) is 4.57 Å². The van der Waals surface area contributed by atoms with E-state index in [1.807, 2.05) is 32.2 Å². The summed E-state index contributed by atoms with van der Waals surface area (Å²) < 4.78 is 1.60. The molecule has 0 amide bonds. The Hall–Kier alpha value is -2.17. The molecule has 0 bridgehead atoms. The molecule has 94 valence electrons. The van der Waals surface area contributed by atoms with E-state index in [4.69, 9.17) is 0 Å². The molecule has 2 rings (SSSR count). The number of aryl methyl sites for hydroxylation is 1. The molecule has 0 saturated heterocycles. The number of pyridine rings is 1. The first-order chi connectivity index (χ1) is 8.69. The van der Waals surface area contributed by atoms with Crippen LogP contribution in [0.25, 0.3) is 0 Å². The first-order valence-corrected chi connectivity index (χ1v) is 5.91. The summed E-state index contributed by atoms with van der Waals surface area (Å²) in [4.78, 5) is 19.6. The van der Waals surface area contributed by atoms with Crippen LogP contribution in [0.15, 0.2) is 35.5 Å². The Balaban J connectivity index is 2.25. The van der Waals surface area contributed by atoms with E-state index in [9.17, 15) is 4.79 Å². The highest BCUT2D eigenvalue weighted by molar-refractivity contribution is 5.37. The van der Waals surface area contributed by atoms with Crippen molar-refractivity contribution >= 4 is 5.82 Å². The van der Waals surface area contributed by atoms with Crippen LogP contribution in [0.4, 0.5) is 5.82 Å². The summed E-state index contributed by atoms with van der Waals surface area (Å²) in [7, 11) is 0. The van der Waals surface area contributed by atoms with Crippen LogP contribution >= 0.6 is 0 Å².